The van der Waals surface area contributed by atoms with Crippen LogP contribution in [-0.4, -0.2) is 15.0 Å². The fourth-order valence-corrected chi connectivity index (χ4v) is 1.63. The minimum Gasteiger partial charge on any atom is -0.368 e. The standard InChI is InChI=1S/C11H11ClFN5/c1-6(7-2-4-8(13)5-3-7)15-11-17-9(12)16-10(14)18-11/h2-6H,1H3,(H3,14,15,16,17,18). The molecule has 1 aromatic heterocycles. The largest absolute Gasteiger partial charge is 0.368 e. The van der Waals surface area contributed by atoms with Crippen molar-refractivity contribution in [2.24, 2.45) is 0 Å². The predicted octanol–water partition coefficient (Wildman–Crippen LogP) is 2.42. The van der Waals surface area contributed by atoms with Crippen LogP contribution in [0.25, 0.3) is 0 Å². The second-order valence-electron chi connectivity index (χ2n) is 3.70. The highest BCUT2D eigenvalue weighted by Gasteiger charge is 2.08. The van der Waals surface area contributed by atoms with E-state index < -0.39 is 0 Å². The van der Waals surface area contributed by atoms with Gasteiger partial charge in [-0.1, -0.05) is 12.1 Å². The van der Waals surface area contributed by atoms with Crippen molar-refractivity contribution in [1.82, 2.24) is 15.0 Å². The van der Waals surface area contributed by atoms with Gasteiger partial charge in [-0.05, 0) is 36.2 Å². The Bertz CT molecular complexity index is 525. The Morgan fingerprint density at radius 2 is 1.89 bits per heavy atom. The first-order valence-corrected chi connectivity index (χ1v) is 5.61. The maximum Gasteiger partial charge on any atom is 0.229 e. The van der Waals surface area contributed by atoms with Crippen molar-refractivity contribution in [3.63, 3.8) is 0 Å². The van der Waals surface area contributed by atoms with Crippen LogP contribution in [0.3, 0.4) is 0 Å². The minimum absolute atomic E-state index is 0.0244. The van der Waals surface area contributed by atoms with Crippen molar-refractivity contribution < 1.29 is 4.39 Å². The molecule has 7 heteroatoms. The van der Waals surface area contributed by atoms with Crippen molar-refractivity contribution in [2.45, 2.75) is 13.0 Å². The first kappa shape index (κ1) is 12.5. The molecular formula is C11H11ClFN5. The van der Waals surface area contributed by atoms with Crippen LogP contribution in [0, 0.1) is 5.82 Å². The molecular weight excluding hydrogens is 257 g/mol. The highest BCUT2D eigenvalue weighted by Crippen LogP contribution is 2.18. The minimum atomic E-state index is -0.279. The normalized spacial score (nSPS) is 12.2. The van der Waals surface area contributed by atoms with Crippen molar-refractivity contribution in [1.29, 1.82) is 0 Å². The zero-order valence-electron chi connectivity index (χ0n) is 9.56. The highest BCUT2D eigenvalue weighted by atomic mass is 35.5. The van der Waals surface area contributed by atoms with Gasteiger partial charge in [-0.2, -0.15) is 15.0 Å². The summed E-state index contributed by atoms with van der Waals surface area (Å²) in [5, 5.41) is 3.03. The van der Waals surface area contributed by atoms with Crippen LogP contribution in [0.1, 0.15) is 18.5 Å². The van der Waals surface area contributed by atoms with Gasteiger partial charge in [0.05, 0.1) is 6.04 Å². The molecule has 1 aromatic carbocycles. The van der Waals surface area contributed by atoms with Gasteiger partial charge in [0.2, 0.25) is 17.2 Å². The van der Waals surface area contributed by atoms with Crippen LogP contribution in [0.5, 0.6) is 0 Å². The molecule has 0 aliphatic rings. The summed E-state index contributed by atoms with van der Waals surface area (Å²) in [6.45, 7) is 1.89. The van der Waals surface area contributed by atoms with Gasteiger partial charge in [-0.3, -0.25) is 0 Å². The van der Waals surface area contributed by atoms with Gasteiger partial charge >= 0.3 is 0 Å². The number of aromatic nitrogens is 3. The van der Waals surface area contributed by atoms with E-state index in [2.05, 4.69) is 20.3 Å². The third-order valence-electron chi connectivity index (χ3n) is 2.34. The Hall–Kier alpha value is -1.95. The van der Waals surface area contributed by atoms with Gasteiger partial charge in [0, 0.05) is 0 Å². The molecule has 2 aromatic rings. The molecule has 1 heterocycles. The molecule has 2 rings (SSSR count). The molecule has 94 valence electrons. The van der Waals surface area contributed by atoms with E-state index in [-0.39, 0.29) is 29.0 Å². The second-order valence-corrected chi connectivity index (χ2v) is 4.04. The van der Waals surface area contributed by atoms with E-state index in [4.69, 9.17) is 17.3 Å². The Kier molecular flexibility index (Phi) is 3.57. The van der Waals surface area contributed by atoms with Crippen LogP contribution in [0.2, 0.25) is 5.28 Å². The van der Waals surface area contributed by atoms with E-state index in [1.807, 2.05) is 6.92 Å². The lowest BCUT2D eigenvalue weighted by atomic mass is 10.1. The van der Waals surface area contributed by atoms with E-state index in [1.165, 1.54) is 12.1 Å². The van der Waals surface area contributed by atoms with Gasteiger partial charge in [0.15, 0.2) is 0 Å². The first-order valence-electron chi connectivity index (χ1n) is 5.23. The number of rotatable bonds is 3. The fourth-order valence-electron chi connectivity index (χ4n) is 1.46. The van der Waals surface area contributed by atoms with Crippen LogP contribution in [-0.2, 0) is 0 Å². The Morgan fingerprint density at radius 3 is 2.50 bits per heavy atom. The third kappa shape index (κ3) is 3.04. The fraction of sp³-hybridized carbons (Fsp3) is 0.182. The molecule has 1 atom stereocenters. The molecule has 18 heavy (non-hydrogen) atoms. The average molecular weight is 268 g/mol. The van der Waals surface area contributed by atoms with Crippen LogP contribution in [0.4, 0.5) is 16.3 Å². The van der Waals surface area contributed by atoms with Crippen molar-refractivity contribution in [2.75, 3.05) is 11.1 Å². The van der Waals surface area contributed by atoms with E-state index in [0.29, 0.717) is 0 Å². The summed E-state index contributed by atoms with van der Waals surface area (Å²) in [6, 6.07) is 6.03. The van der Waals surface area contributed by atoms with E-state index in [1.54, 1.807) is 12.1 Å². The Labute approximate surface area is 108 Å². The van der Waals surface area contributed by atoms with Crippen LogP contribution in [0.15, 0.2) is 24.3 Å². The lowest BCUT2D eigenvalue weighted by Gasteiger charge is -2.14. The van der Waals surface area contributed by atoms with E-state index in [0.717, 1.165) is 5.56 Å². The quantitative estimate of drug-likeness (QED) is 0.893. The molecule has 0 amide bonds. The smallest absolute Gasteiger partial charge is 0.229 e. The third-order valence-corrected chi connectivity index (χ3v) is 2.51. The Morgan fingerprint density at radius 1 is 1.22 bits per heavy atom. The van der Waals surface area contributed by atoms with Gasteiger partial charge in [0.1, 0.15) is 5.82 Å². The molecule has 0 aliphatic heterocycles. The highest BCUT2D eigenvalue weighted by molar-refractivity contribution is 6.28. The van der Waals surface area contributed by atoms with Crippen LogP contribution < -0.4 is 11.1 Å². The molecule has 0 saturated heterocycles. The molecule has 5 nitrogen and oxygen atoms in total. The van der Waals surface area contributed by atoms with Crippen molar-refractivity contribution >= 4 is 23.5 Å². The molecule has 3 N–H and O–H groups in total. The zero-order chi connectivity index (χ0) is 13.1. The summed E-state index contributed by atoms with van der Waals surface area (Å²) >= 11 is 5.67. The number of nitrogens with zero attached hydrogens (tertiary/aromatic N) is 3. The molecule has 0 fully saturated rings. The van der Waals surface area contributed by atoms with E-state index >= 15 is 0 Å². The van der Waals surface area contributed by atoms with Gasteiger partial charge in [0.25, 0.3) is 0 Å². The number of nitrogen functional groups attached to an aromatic ring is 1. The molecule has 1 unspecified atom stereocenters. The van der Waals surface area contributed by atoms with Gasteiger partial charge in [-0.25, -0.2) is 4.39 Å². The summed E-state index contributed by atoms with van der Waals surface area (Å²) in [4.78, 5) is 11.5. The first-order chi connectivity index (χ1) is 8.54. The molecule has 0 saturated carbocycles. The molecule has 0 bridgehead atoms. The summed E-state index contributed by atoms with van der Waals surface area (Å²) in [6.07, 6.45) is 0. The monoisotopic (exact) mass is 267 g/mol. The van der Waals surface area contributed by atoms with Crippen molar-refractivity contribution in [3.8, 4) is 0 Å². The van der Waals surface area contributed by atoms with Gasteiger partial charge in [-0.15, -0.1) is 0 Å². The number of benzene rings is 1. The maximum atomic E-state index is 12.8. The number of halogens is 2. The molecule has 0 radical (unpaired) electrons. The molecule has 0 aliphatic carbocycles. The lowest BCUT2D eigenvalue weighted by molar-refractivity contribution is 0.626. The summed E-state index contributed by atoms with van der Waals surface area (Å²) < 4.78 is 12.8. The average Bonchev–Trinajstić information content (AvgIpc) is 2.28. The summed E-state index contributed by atoms with van der Waals surface area (Å²) in [5.74, 6) is 0.0477. The van der Waals surface area contributed by atoms with Crippen LogP contribution >= 0.6 is 11.6 Å². The number of nitrogens with two attached hydrogens (primary N) is 1. The maximum absolute atomic E-state index is 12.8. The van der Waals surface area contributed by atoms with E-state index in [9.17, 15) is 4.39 Å². The SMILES string of the molecule is CC(Nc1nc(N)nc(Cl)n1)c1ccc(F)cc1. The number of anilines is 2. The lowest BCUT2D eigenvalue weighted by Crippen LogP contribution is -2.11. The van der Waals surface area contributed by atoms with Crippen molar-refractivity contribution in [3.05, 3.63) is 40.9 Å². The Balaban J connectivity index is 2.15. The number of hydrogen-bond donors (Lipinski definition) is 2. The number of nitrogens with one attached hydrogen (secondary N) is 1. The molecule has 0 spiro atoms. The second kappa shape index (κ2) is 5.14. The number of hydrogen-bond acceptors (Lipinski definition) is 5. The summed E-state index contributed by atoms with van der Waals surface area (Å²) in [7, 11) is 0. The summed E-state index contributed by atoms with van der Waals surface area (Å²) in [5.41, 5.74) is 6.35. The topological polar surface area (TPSA) is 76.7 Å². The zero-order valence-corrected chi connectivity index (χ0v) is 10.3. The predicted molar refractivity (Wildman–Crippen MR) is 67.7 cm³/mol. The van der Waals surface area contributed by atoms with Gasteiger partial charge < -0.3 is 11.1 Å².